The number of nitrogens with zero attached hydrogens (tertiary/aromatic N) is 3. The molecule has 0 unspecified atom stereocenters. The van der Waals surface area contributed by atoms with Crippen molar-refractivity contribution >= 4 is 35.8 Å². The molecule has 0 atom stereocenters. The number of benzene rings is 7. The van der Waals surface area contributed by atoms with E-state index in [9.17, 15) is 0 Å². The minimum Gasteiger partial charge on any atom is -0.299 e. The van der Waals surface area contributed by atoms with Crippen LogP contribution in [0.25, 0.3) is 0 Å². The van der Waals surface area contributed by atoms with Crippen LogP contribution in [0.2, 0.25) is 0 Å². The molecule has 0 aliphatic heterocycles. The molecule has 0 aliphatic carbocycles. The predicted octanol–water partition coefficient (Wildman–Crippen LogP) is 10.1. The summed E-state index contributed by atoms with van der Waals surface area (Å²) < 4.78 is 35.8. The number of rotatable bonds is 20. The molecule has 0 saturated heterocycles. The molecule has 7 aromatic rings. The SMILES string of the molecule is O=P(c1ccccc1)(c1ccccc1)N(CCCN(CCCN(Cc1ccccc1)P(=O)(c1ccccc1)c1ccccc1)Cc1ccccc1)Cc1ccccc1. The molecule has 0 spiro atoms. The standard InChI is InChI=1S/C51H53N3O2P2/c55-57(48-30-14-4-15-31-48,49-32-16-5-17-33-49)53(43-46-26-10-2-11-27-46)40-22-38-52(42-45-24-8-1-9-25-45)39-23-41-54(44-47-28-12-3-13-29-47)58(56,50-34-18-6-19-35-50)51-36-20-7-21-37-51/h1-21,24-37H,22-23,38-44H2. The summed E-state index contributed by atoms with van der Waals surface area (Å²) in [5, 5.41) is 3.38. The summed E-state index contributed by atoms with van der Waals surface area (Å²) in [5.74, 6) is 0. The summed E-state index contributed by atoms with van der Waals surface area (Å²) in [6.45, 7) is 4.88. The largest absolute Gasteiger partial charge is 0.299 e. The molecule has 0 N–H and O–H groups in total. The van der Waals surface area contributed by atoms with Crippen molar-refractivity contribution in [3.8, 4) is 0 Å². The van der Waals surface area contributed by atoms with Gasteiger partial charge in [-0.1, -0.05) is 164 Å². The fourth-order valence-corrected chi connectivity index (χ4v) is 13.5. The van der Waals surface area contributed by atoms with Gasteiger partial charge in [0.05, 0.1) is 0 Å². The molecule has 0 radical (unpaired) electrons. The van der Waals surface area contributed by atoms with Crippen LogP contribution >= 0.6 is 14.6 Å². The average molecular weight is 802 g/mol. The maximum absolute atomic E-state index is 15.7. The molecule has 0 aliphatic rings. The zero-order valence-corrected chi connectivity index (χ0v) is 34.9. The Balaban J connectivity index is 1.15. The number of hydrogen-bond acceptors (Lipinski definition) is 3. The van der Waals surface area contributed by atoms with Crippen molar-refractivity contribution in [3.05, 3.63) is 229 Å². The summed E-state index contributed by atoms with van der Waals surface area (Å²) in [6.07, 6.45) is 1.65. The highest BCUT2D eigenvalue weighted by Gasteiger charge is 2.36. The Morgan fingerprint density at radius 1 is 0.293 bits per heavy atom. The van der Waals surface area contributed by atoms with Crippen molar-refractivity contribution in [1.82, 2.24) is 14.2 Å². The third-order valence-electron chi connectivity index (χ3n) is 10.7. The molecule has 0 aromatic heterocycles. The first-order valence-corrected chi connectivity index (χ1v) is 23.6. The van der Waals surface area contributed by atoms with Gasteiger partial charge in [-0.3, -0.25) is 14.0 Å². The molecule has 0 fully saturated rings. The van der Waals surface area contributed by atoms with Crippen LogP contribution in [0.1, 0.15) is 29.5 Å². The van der Waals surface area contributed by atoms with Crippen LogP contribution in [0.4, 0.5) is 0 Å². The Morgan fingerprint density at radius 2 is 0.534 bits per heavy atom. The highest BCUT2D eigenvalue weighted by Crippen LogP contribution is 2.49. The fourth-order valence-electron chi connectivity index (χ4n) is 7.76. The van der Waals surface area contributed by atoms with Crippen molar-refractivity contribution in [2.75, 3.05) is 26.2 Å². The van der Waals surface area contributed by atoms with Gasteiger partial charge >= 0.3 is 0 Å². The Kier molecular flexibility index (Phi) is 14.5. The van der Waals surface area contributed by atoms with E-state index in [1.54, 1.807) is 0 Å². The molecule has 7 heteroatoms. The van der Waals surface area contributed by atoms with E-state index in [0.717, 1.165) is 64.8 Å². The van der Waals surface area contributed by atoms with Crippen molar-refractivity contribution in [3.63, 3.8) is 0 Å². The number of hydrogen-bond donors (Lipinski definition) is 0. The zero-order valence-electron chi connectivity index (χ0n) is 33.1. The van der Waals surface area contributed by atoms with Gasteiger partial charge in [0.1, 0.15) is 0 Å². The lowest BCUT2D eigenvalue weighted by Crippen LogP contribution is -2.36. The molecule has 0 heterocycles. The second kappa shape index (κ2) is 20.5. The molecule has 294 valence electrons. The van der Waals surface area contributed by atoms with E-state index in [4.69, 9.17) is 0 Å². The van der Waals surface area contributed by atoms with E-state index in [-0.39, 0.29) is 0 Å². The minimum absolute atomic E-state index is 0.573. The lowest BCUT2D eigenvalue weighted by Gasteiger charge is -2.34. The van der Waals surface area contributed by atoms with Gasteiger partial charge in [0.2, 0.25) is 14.6 Å². The maximum Gasteiger partial charge on any atom is 0.207 e. The van der Waals surface area contributed by atoms with Crippen molar-refractivity contribution in [2.24, 2.45) is 0 Å². The van der Waals surface area contributed by atoms with Gasteiger partial charge in [0.15, 0.2) is 0 Å². The van der Waals surface area contributed by atoms with Crippen LogP contribution < -0.4 is 21.2 Å². The highest BCUT2D eigenvalue weighted by atomic mass is 31.2. The molecule has 7 rings (SSSR count). The van der Waals surface area contributed by atoms with E-state index in [1.807, 2.05) is 133 Å². The second-order valence-corrected chi connectivity index (χ2v) is 20.2. The third kappa shape index (κ3) is 10.3. The molecule has 0 saturated carbocycles. The molecular formula is C51H53N3O2P2. The summed E-state index contributed by atoms with van der Waals surface area (Å²) >= 11 is 0. The van der Waals surface area contributed by atoms with Crippen LogP contribution in [0.15, 0.2) is 212 Å². The maximum atomic E-state index is 15.7. The Morgan fingerprint density at radius 3 is 0.810 bits per heavy atom. The summed E-state index contributed by atoms with van der Waals surface area (Å²) in [7, 11) is -6.39. The normalized spacial score (nSPS) is 12.0. The fraction of sp³-hybridized carbons (Fsp3) is 0.176. The summed E-state index contributed by atoms with van der Waals surface area (Å²) in [5.41, 5.74) is 3.52. The minimum atomic E-state index is -3.19. The molecule has 0 bridgehead atoms. The van der Waals surface area contributed by atoms with Crippen LogP contribution in [-0.4, -0.2) is 40.4 Å². The zero-order chi connectivity index (χ0) is 39.9. The second-order valence-electron chi connectivity index (χ2n) is 14.7. The van der Waals surface area contributed by atoms with Gasteiger partial charge in [-0.05, 0) is 91.2 Å². The summed E-state index contributed by atoms with van der Waals surface area (Å²) in [4.78, 5) is 2.52. The molecule has 7 aromatic carbocycles. The monoisotopic (exact) mass is 801 g/mol. The lowest BCUT2D eigenvalue weighted by molar-refractivity contribution is 0.239. The van der Waals surface area contributed by atoms with Gasteiger partial charge < -0.3 is 0 Å². The van der Waals surface area contributed by atoms with E-state index in [2.05, 4.69) is 93.1 Å². The van der Waals surface area contributed by atoms with Gasteiger partial charge in [-0.15, -0.1) is 0 Å². The van der Waals surface area contributed by atoms with Gasteiger partial charge in [0, 0.05) is 53.9 Å². The molecule has 0 amide bonds. The molecular weight excluding hydrogens is 749 g/mol. The van der Waals surface area contributed by atoms with Crippen LogP contribution in [-0.2, 0) is 28.8 Å². The van der Waals surface area contributed by atoms with Crippen molar-refractivity contribution < 1.29 is 9.13 Å². The Bertz CT molecular complexity index is 2100. The first kappa shape index (κ1) is 41.1. The lowest BCUT2D eigenvalue weighted by atomic mass is 10.2. The Labute approximate surface area is 345 Å². The third-order valence-corrected chi connectivity index (χ3v) is 16.9. The predicted molar refractivity (Wildman–Crippen MR) is 244 cm³/mol. The quantitative estimate of drug-likeness (QED) is 0.0719. The van der Waals surface area contributed by atoms with Crippen LogP contribution in [0.3, 0.4) is 0 Å². The van der Waals surface area contributed by atoms with Crippen molar-refractivity contribution in [1.29, 1.82) is 0 Å². The average Bonchev–Trinajstić information content (AvgIpc) is 3.30. The smallest absolute Gasteiger partial charge is 0.207 e. The molecule has 5 nitrogen and oxygen atoms in total. The van der Waals surface area contributed by atoms with E-state index >= 15 is 9.13 Å². The van der Waals surface area contributed by atoms with E-state index in [1.165, 1.54) is 5.56 Å². The van der Waals surface area contributed by atoms with Gasteiger partial charge in [-0.25, -0.2) is 9.34 Å². The summed E-state index contributed by atoms with van der Waals surface area (Å²) in [6, 6.07) is 71.4. The highest BCUT2D eigenvalue weighted by molar-refractivity contribution is 7.77. The van der Waals surface area contributed by atoms with E-state index < -0.39 is 14.6 Å². The Hall–Kier alpha value is -5.12. The first-order chi connectivity index (χ1) is 28.5. The van der Waals surface area contributed by atoms with Crippen LogP contribution in [0, 0.1) is 0 Å². The van der Waals surface area contributed by atoms with E-state index in [0.29, 0.717) is 26.2 Å². The van der Waals surface area contributed by atoms with Crippen LogP contribution in [0.5, 0.6) is 0 Å². The topological polar surface area (TPSA) is 43.9 Å². The first-order valence-electron chi connectivity index (χ1n) is 20.3. The van der Waals surface area contributed by atoms with Gasteiger partial charge in [-0.2, -0.15) is 0 Å². The van der Waals surface area contributed by atoms with Gasteiger partial charge in [0.25, 0.3) is 0 Å². The van der Waals surface area contributed by atoms with Crippen molar-refractivity contribution in [2.45, 2.75) is 32.5 Å². The molecule has 58 heavy (non-hydrogen) atoms.